The average molecular weight is 270 g/mol. The van der Waals surface area contributed by atoms with E-state index in [1.54, 1.807) is 18.2 Å². The maximum atomic E-state index is 9.24. The number of rotatable bonds is 4. The molecule has 0 bridgehead atoms. The fourth-order valence-electron chi connectivity index (χ4n) is 1.83. The van der Waals surface area contributed by atoms with Gasteiger partial charge in [0.2, 0.25) is 0 Å². The van der Waals surface area contributed by atoms with Crippen LogP contribution in [0.5, 0.6) is 11.5 Å². The van der Waals surface area contributed by atoms with Gasteiger partial charge in [0.15, 0.2) is 0 Å². The van der Waals surface area contributed by atoms with E-state index in [1.165, 1.54) is 0 Å². The summed E-state index contributed by atoms with van der Waals surface area (Å²) in [6, 6.07) is 14.7. The lowest BCUT2D eigenvalue weighted by Crippen LogP contribution is -1.81. The molecule has 0 aliphatic heterocycles. The number of aromatic hydroxyl groups is 2. The molecule has 0 aliphatic carbocycles. The van der Waals surface area contributed by atoms with Gasteiger partial charge in [0.25, 0.3) is 0 Å². The number of para-hydroxylation sites is 2. The molecule has 2 nitrogen and oxygen atoms in total. The van der Waals surface area contributed by atoms with Gasteiger partial charge in [-0.15, -0.1) is 6.58 Å². The second-order valence-electron chi connectivity index (χ2n) is 4.50. The van der Waals surface area contributed by atoms with Gasteiger partial charge in [-0.1, -0.05) is 55.8 Å². The molecule has 20 heavy (non-hydrogen) atoms. The highest BCUT2D eigenvalue weighted by Crippen LogP contribution is 2.16. The van der Waals surface area contributed by atoms with Gasteiger partial charge < -0.3 is 10.2 Å². The third-order valence-corrected chi connectivity index (χ3v) is 2.87. The van der Waals surface area contributed by atoms with E-state index in [9.17, 15) is 10.2 Å². The third kappa shape index (κ3) is 5.19. The summed E-state index contributed by atoms with van der Waals surface area (Å²) < 4.78 is 0. The fourth-order valence-corrected chi connectivity index (χ4v) is 1.83. The zero-order chi connectivity index (χ0) is 14.8. The molecule has 106 valence electrons. The molecule has 0 spiro atoms. The van der Waals surface area contributed by atoms with Crippen LogP contribution in [-0.4, -0.2) is 10.2 Å². The van der Waals surface area contributed by atoms with Crippen molar-refractivity contribution in [2.24, 2.45) is 0 Å². The molecule has 0 aliphatic rings. The third-order valence-electron chi connectivity index (χ3n) is 2.87. The Hall–Kier alpha value is -2.22. The monoisotopic (exact) mass is 270 g/mol. The Bertz CT molecular complexity index is 532. The lowest BCUT2D eigenvalue weighted by Gasteiger charge is -1.99. The summed E-state index contributed by atoms with van der Waals surface area (Å²) in [6.07, 6.45) is 4.55. The summed E-state index contributed by atoms with van der Waals surface area (Å²) >= 11 is 0. The molecule has 0 aromatic heterocycles. The predicted molar refractivity (Wildman–Crippen MR) is 84.1 cm³/mol. The van der Waals surface area contributed by atoms with Gasteiger partial charge in [-0.3, -0.25) is 0 Å². The smallest absolute Gasteiger partial charge is 0.119 e. The van der Waals surface area contributed by atoms with E-state index in [4.69, 9.17) is 0 Å². The highest BCUT2D eigenvalue weighted by molar-refractivity contribution is 5.33. The Morgan fingerprint density at radius 3 is 1.85 bits per heavy atom. The summed E-state index contributed by atoms with van der Waals surface area (Å²) in [5, 5.41) is 18.4. The van der Waals surface area contributed by atoms with Crippen LogP contribution >= 0.6 is 0 Å². The van der Waals surface area contributed by atoms with Gasteiger partial charge in [0.1, 0.15) is 11.5 Å². The van der Waals surface area contributed by atoms with Crippen molar-refractivity contribution in [2.75, 3.05) is 0 Å². The molecular formula is C18H22O2. The van der Waals surface area contributed by atoms with Crippen LogP contribution in [-0.2, 0) is 12.8 Å². The number of hydrogen-bond donors (Lipinski definition) is 2. The van der Waals surface area contributed by atoms with E-state index in [-0.39, 0.29) is 0 Å². The van der Waals surface area contributed by atoms with Crippen molar-refractivity contribution in [1.29, 1.82) is 0 Å². The summed E-state index contributed by atoms with van der Waals surface area (Å²) in [4.78, 5) is 0. The van der Waals surface area contributed by atoms with Gasteiger partial charge in [-0.05, 0) is 36.1 Å². The minimum Gasteiger partial charge on any atom is -0.508 e. The fraction of sp³-hybridized carbons (Fsp3) is 0.222. The van der Waals surface area contributed by atoms with E-state index in [1.807, 2.05) is 36.4 Å². The minimum atomic E-state index is 0.349. The molecule has 0 fully saturated rings. The first-order valence-electron chi connectivity index (χ1n) is 6.83. The Balaban J connectivity index is 0.000000200. The van der Waals surface area contributed by atoms with E-state index in [0.29, 0.717) is 11.5 Å². The van der Waals surface area contributed by atoms with Crippen molar-refractivity contribution < 1.29 is 10.2 Å². The van der Waals surface area contributed by atoms with Crippen molar-refractivity contribution >= 4 is 0 Å². The molecule has 0 saturated carbocycles. The summed E-state index contributed by atoms with van der Waals surface area (Å²) in [5.41, 5.74) is 1.97. The molecule has 2 aromatic rings. The lowest BCUT2D eigenvalue weighted by molar-refractivity contribution is 0.467. The summed E-state index contributed by atoms with van der Waals surface area (Å²) in [7, 11) is 0. The van der Waals surface area contributed by atoms with Crippen LogP contribution in [0.15, 0.2) is 61.2 Å². The number of aryl methyl sites for hydroxylation is 1. The topological polar surface area (TPSA) is 40.5 Å². The average Bonchev–Trinajstić information content (AvgIpc) is 2.45. The standard InChI is InChI=1S/C9H12O.C9H10O/c2*1-2-5-8-6-3-4-7-9(8)10/h3-4,6-7,10H,2,5H2,1H3;2-4,6-7,10H,1,5H2. The first kappa shape index (κ1) is 15.8. The highest BCUT2D eigenvalue weighted by Gasteiger charge is 1.95. The molecule has 0 atom stereocenters. The van der Waals surface area contributed by atoms with Crippen LogP contribution in [0.2, 0.25) is 0 Å². The van der Waals surface area contributed by atoms with Crippen molar-refractivity contribution in [3.63, 3.8) is 0 Å². The molecule has 0 unspecified atom stereocenters. The largest absolute Gasteiger partial charge is 0.508 e. The maximum absolute atomic E-state index is 9.24. The molecule has 0 heterocycles. The summed E-state index contributed by atoms with van der Waals surface area (Å²) in [6.45, 7) is 5.69. The van der Waals surface area contributed by atoms with Crippen LogP contribution < -0.4 is 0 Å². The predicted octanol–water partition coefficient (Wildman–Crippen LogP) is 4.47. The molecule has 2 N–H and O–H groups in total. The maximum Gasteiger partial charge on any atom is 0.119 e. The summed E-state index contributed by atoms with van der Waals surface area (Å²) in [5.74, 6) is 0.770. The molecule has 0 radical (unpaired) electrons. The first-order chi connectivity index (χ1) is 9.69. The number of benzene rings is 2. The van der Waals surface area contributed by atoms with Crippen LogP contribution in [0.1, 0.15) is 24.5 Å². The van der Waals surface area contributed by atoms with Gasteiger partial charge in [-0.2, -0.15) is 0 Å². The van der Waals surface area contributed by atoms with E-state index >= 15 is 0 Å². The van der Waals surface area contributed by atoms with E-state index < -0.39 is 0 Å². The highest BCUT2D eigenvalue weighted by atomic mass is 16.3. The van der Waals surface area contributed by atoms with Gasteiger partial charge in [0, 0.05) is 0 Å². The number of phenolic OH excluding ortho intramolecular Hbond substituents is 2. The normalized spacial score (nSPS) is 9.45. The Labute approximate surface area is 121 Å². The molecule has 0 amide bonds. The van der Waals surface area contributed by atoms with Gasteiger partial charge in [-0.25, -0.2) is 0 Å². The van der Waals surface area contributed by atoms with Crippen LogP contribution in [0, 0.1) is 0 Å². The quantitative estimate of drug-likeness (QED) is 0.805. The molecular weight excluding hydrogens is 248 g/mol. The zero-order valence-electron chi connectivity index (χ0n) is 11.9. The molecule has 0 saturated heterocycles. The Kier molecular flexibility index (Phi) is 6.97. The molecule has 2 aromatic carbocycles. The van der Waals surface area contributed by atoms with Gasteiger partial charge in [0.05, 0.1) is 0 Å². The number of phenols is 2. The Morgan fingerprint density at radius 2 is 1.40 bits per heavy atom. The number of allylic oxidation sites excluding steroid dienone is 1. The first-order valence-corrected chi connectivity index (χ1v) is 6.83. The van der Waals surface area contributed by atoms with Crippen molar-refractivity contribution in [3.05, 3.63) is 72.3 Å². The Morgan fingerprint density at radius 1 is 0.900 bits per heavy atom. The molecule has 2 rings (SSSR count). The zero-order valence-corrected chi connectivity index (χ0v) is 11.9. The van der Waals surface area contributed by atoms with Crippen LogP contribution in [0.25, 0.3) is 0 Å². The van der Waals surface area contributed by atoms with Gasteiger partial charge >= 0.3 is 0 Å². The molecule has 2 heteroatoms. The van der Waals surface area contributed by atoms with Crippen LogP contribution in [0.4, 0.5) is 0 Å². The van der Waals surface area contributed by atoms with E-state index in [2.05, 4.69) is 13.5 Å². The number of hydrogen-bond acceptors (Lipinski definition) is 2. The lowest BCUT2D eigenvalue weighted by atomic mass is 10.1. The van der Waals surface area contributed by atoms with Crippen molar-refractivity contribution in [1.82, 2.24) is 0 Å². The SMILES string of the molecule is C=CCc1ccccc1O.CCCc1ccccc1O. The second kappa shape index (κ2) is 8.81. The van der Waals surface area contributed by atoms with Crippen LogP contribution in [0.3, 0.4) is 0 Å². The second-order valence-corrected chi connectivity index (χ2v) is 4.50. The van der Waals surface area contributed by atoms with Crippen molar-refractivity contribution in [3.8, 4) is 11.5 Å². The minimum absolute atomic E-state index is 0.349. The van der Waals surface area contributed by atoms with E-state index in [0.717, 1.165) is 30.4 Å². The van der Waals surface area contributed by atoms with Crippen molar-refractivity contribution in [2.45, 2.75) is 26.2 Å².